The highest BCUT2D eigenvalue weighted by Gasteiger charge is 2.30. The number of nitrogen functional groups attached to an aromatic ring is 1. The van der Waals surface area contributed by atoms with Gasteiger partial charge in [-0.05, 0) is 66.6 Å². The fourth-order valence-electron chi connectivity index (χ4n) is 5.86. The molecule has 6 rings (SSSR count). The number of aromatic nitrogens is 3. The van der Waals surface area contributed by atoms with Gasteiger partial charge in [-0.1, -0.05) is 56.3 Å². The predicted octanol–water partition coefficient (Wildman–Crippen LogP) is 6.42. The highest BCUT2D eigenvalue weighted by Crippen LogP contribution is 2.35. The lowest BCUT2D eigenvalue weighted by Gasteiger charge is -2.39. The van der Waals surface area contributed by atoms with Crippen LogP contribution in [-0.2, 0) is 22.6 Å². The summed E-state index contributed by atoms with van der Waals surface area (Å²) in [5.41, 5.74) is 11.1. The summed E-state index contributed by atoms with van der Waals surface area (Å²) in [5.74, 6) is 1.61. The average molecular weight is 578 g/mol. The summed E-state index contributed by atoms with van der Waals surface area (Å²) < 4.78 is 13.7. The van der Waals surface area contributed by atoms with E-state index in [9.17, 15) is 4.79 Å². The van der Waals surface area contributed by atoms with Crippen LogP contribution in [0.2, 0.25) is 0 Å². The second kappa shape index (κ2) is 12.4. The Bertz CT molecular complexity index is 1760. The van der Waals surface area contributed by atoms with Gasteiger partial charge in [0.05, 0.1) is 24.6 Å². The number of nitrogens with zero attached hydrogens (tertiary/aromatic N) is 4. The first kappa shape index (κ1) is 28.7. The third kappa shape index (κ3) is 6.06. The Morgan fingerprint density at radius 1 is 1.02 bits per heavy atom. The zero-order chi connectivity index (χ0) is 29.9. The van der Waals surface area contributed by atoms with Crippen LogP contribution in [0, 0.1) is 5.92 Å². The van der Waals surface area contributed by atoms with Gasteiger partial charge < -0.3 is 15.2 Å². The summed E-state index contributed by atoms with van der Waals surface area (Å²) in [4.78, 5) is 19.0. The van der Waals surface area contributed by atoms with Crippen molar-refractivity contribution < 1.29 is 14.3 Å². The number of hydrogen-bond acceptors (Lipinski definition) is 7. The predicted molar refractivity (Wildman–Crippen MR) is 171 cm³/mol. The summed E-state index contributed by atoms with van der Waals surface area (Å²) in [6.45, 7) is 10.1. The number of para-hydroxylation sites is 1. The molecule has 0 spiro atoms. The molecule has 43 heavy (non-hydrogen) atoms. The number of likely N-dealkylation sites (tertiary alicyclic amines) is 1. The first-order chi connectivity index (χ1) is 20.9. The number of rotatable bonds is 11. The quantitative estimate of drug-likeness (QED) is 0.181. The highest BCUT2D eigenvalue weighted by atomic mass is 16.5. The zero-order valence-corrected chi connectivity index (χ0v) is 25.1. The number of hydrogen-bond donors (Lipinski definition) is 1. The molecule has 8 nitrogen and oxygen atoms in total. The zero-order valence-electron chi connectivity index (χ0n) is 25.1. The van der Waals surface area contributed by atoms with Crippen molar-refractivity contribution in [3.8, 4) is 16.9 Å². The third-order valence-corrected chi connectivity index (χ3v) is 8.21. The van der Waals surface area contributed by atoms with Gasteiger partial charge in [-0.25, -0.2) is 4.98 Å². The second-order valence-electron chi connectivity index (χ2n) is 11.7. The molecule has 5 aromatic rings. The molecule has 3 aromatic carbocycles. The van der Waals surface area contributed by atoms with Crippen molar-refractivity contribution in [2.75, 3.05) is 32.0 Å². The van der Waals surface area contributed by atoms with Crippen LogP contribution < -0.4 is 10.5 Å². The van der Waals surface area contributed by atoms with Crippen LogP contribution in [0.3, 0.4) is 0 Å². The molecule has 0 atom stereocenters. The second-order valence-corrected chi connectivity index (χ2v) is 11.7. The standard InChI is InChI=1S/C35H39N5O3/c1-4-42-34(41)19-25-8-5-6-11-33(25)43-22-31-30-18-24(27-9-7-10-29-28(27)14-16-37-35(29)36)12-13-32(30)40(38-31)26-20-39(21-26)17-15-23(2)3/h5-14,16,18,23,26H,4,15,17,19-22H2,1-3H3,(H2,36,37). The molecule has 0 saturated carbocycles. The van der Waals surface area contributed by atoms with Crippen molar-refractivity contribution in [1.82, 2.24) is 19.7 Å². The minimum absolute atomic E-state index is 0.163. The Labute approximate surface area is 252 Å². The van der Waals surface area contributed by atoms with Gasteiger partial charge in [-0.15, -0.1) is 0 Å². The Balaban J connectivity index is 1.34. The summed E-state index contributed by atoms with van der Waals surface area (Å²) >= 11 is 0. The van der Waals surface area contributed by atoms with E-state index in [0.717, 1.165) is 63.7 Å². The molecule has 3 heterocycles. The van der Waals surface area contributed by atoms with Gasteiger partial charge in [-0.2, -0.15) is 5.10 Å². The molecule has 0 bridgehead atoms. The smallest absolute Gasteiger partial charge is 0.310 e. The van der Waals surface area contributed by atoms with Crippen molar-refractivity contribution in [2.45, 2.75) is 46.3 Å². The summed E-state index contributed by atoms with van der Waals surface area (Å²) in [6, 6.07) is 22.7. The monoisotopic (exact) mass is 577 g/mol. The van der Waals surface area contributed by atoms with E-state index in [-0.39, 0.29) is 19.0 Å². The van der Waals surface area contributed by atoms with E-state index >= 15 is 0 Å². The van der Waals surface area contributed by atoms with E-state index in [1.165, 1.54) is 6.42 Å². The molecule has 0 amide bonds. The molecule has 222 valence electrons. The van der Waals surface area contributed by atoms with Gasteiger partial charge in [0.15, 0.2) is 0 Å². The van der Waals surface area contributed by atoms with Crippen molar-refractivity contribution >= 4 is 33.5 Å². The van der Waals surface area contributed by atoms with Gasteiger partial charge in [0.2, 0.25) is 0 Å². The third-order valence-electron chi connectivity index (χ3n) is 8.21. The molecule has 1 fully saturated rings. The molecule has 0 radical (unpaired) electrons. The van der Waals surface area contributed by atoms with Crippen LogP contribution >= 0.6 is 0 Å². The van der Waals surface area contributed by atoms with E-state index in [1.54, 1.807) is 6.20 Å². The fraction of sp³-hybridized carbons (Fsp3) is 0.343. The lowest BCUT2D eigenvalue weighted by molar-refractivity contribution is -0.142. The Morgan fingerprint density at radius 2 is 1.86 bits per heavy atom. The maximum atomic E-state index is 12.2. The molecular formula is C35H39N5O3. The number of anilines is 1. The van der Waals surface area contributed by atoms with Gasteiger partial charge in [0.1, 0.15) is 23.9 Å². The number of carbonyl (C=O) groups is 1. The molecule has 2 N–H and O–H groups in total. The Morgan fingerprint density at radius 3 is 2.67 bits per heavy atom. The molecule has 1 aliphatic heterocycles. The number of pyridine rings is 1. The van der Waals surface area contributed by atoms with Crippen LogP contribution in [0.25, 0.3) is 32.8 Å². The lowest BCUT2D eigenvalue weighted by atomic mass is 9.97. The largest absolute Gasteiger partial charge is 0.487 e. The topological polar surface area (TPSA) is 95.5 Å². The van der Waals surface area contributed by atoms with Crippen molar-refractivity contribution in [1.29, 1.82) is 0 Å². The molecule has 0 unspecified atom stereocenters. The molecule has 0 aliphatic carbocycles. The van der Waals surface area contributed by atoms with Crippen LogP contribution in [0.1, 0.15) is 44.5 Å². The van der Waals surface area contributed by atoms with Crippen LogP contribution in [0.5, 0.6) is 5.75 Å². The highest BCUT2D eigenvalue weighted by molar-refractivity contribution is 6.02. The van der Waals surface area contributed by atoms with Crippen LogP contribution in [0.4, 0.5) is 5.82 Å². The number of esters is 1. The van der Waals surface area contributed by atoms with E-state index in [4.69, 9.17) is 20.3 Å². The number of ether oxygens (including phenoxy) is 2. The van der Waals surface area contributed by atoms with Crippen LogP contribution in [-0.4, -0.2) is 51.9 Å². The number of carbonyl (C=O) groups excluding carboxylic acids is 1. The molecule has 8 heteroatoms. The van der Waals surface area contributed by atoms with Gasteiger partial charge in [0, 0.05) is 35.6 Å². The maximum Gasteiger partial charge on any atom is 0.310 e. The van der Waals surface area contributed by atoms with Crippen LogP contribution in [0.15, 0.2) is 72.9 Å². The summed E-state index contributed by atoms with van der Waals surface area (Å²) in [6.07, 6.45) is 3.12. The molecule has 2 aromatic heterocycles. The van der Waals surface area contributed by atoms with Crippen molar-refractivity contribution in [2.24, 2.45) is 5.92 Å². The van der Waals surface area contributed by atoms with Gasteiger partial charge in [0.25, 0.3) is 0 Å². The van der Waals surface area contributed by atoms with E-state index in [2.05, 4.69) is 52.7 Å². The number of benzene rings is 3. The minimum atomic E-state index is -0.268. The number of fused-ring (bicyclic) bond motifs is 2. The Hall–Kier alpha value is -4.43. The maximum absolute atomic E-state index is 12.2. The fourth-order valence-corrected chi connectivity index (χ4v) is 5.86. The van der Waals surface area contributed by atoms with Crippen molar-refractivity contribution in [3.05, 3.63) is 84.2 Å². The van der Waals surface area contributed by atoms with E-state index in [1.807, 2.05) is 49.4 Å². The lowest BCUT2D eigenvalue weighted by Crippen LogP contribution is -2.48. The minimum Gasteiger partial charge on any atom is -0.487 e. The molecule has 1 saturated heterocycles. The first-order valence-electron chi connectivity index (χ1n) is 15.1. The van der Waals surface area contributed by atoms with E-state index in [0.29, 0.717) is 30.1 Å². The van der Waals surface area contributed by atoms with Gasteiger partial charge in [-0.3, -0.25) is 14.4 Å². The van der Waals surface area contributed by atoms with Gasteiger partial charge >= 0.3 is 5.97 Å². The summed E-state index contributed by atoms with van der Waals surface area (Å²) in [5, 5.41) is 8.19. The number of nitrogens with two attached hydrogens (primary N) is 1. The SMILES string of the molecule is CCOC(=O)Cc1ccccc1OCc1nn(C2CN(CCC(C)C)C2)c2ccc(-c3cccc4c(N)nccc34)cc12. The molecule has 1 aliphatic rings. The van der Waals surface area contributed by atoms with E-state index < -0.39 is 0 Å². The normalized spacial score (nSPS) is 14.0. The van der Waals surface area contributed by atoms with Crippen molar-refractivity contribution in [3.63, 3.8) is 0 Å². The molecular weight excluding hydrogens is 538 g/mol. The average Bonchev–Trinajstić information content (AvgIpc) is 3.33. The Kier molecular flexibility index (Phi) is 8.29. The first-order valence-corrected chi connectivity index (χ1v) is 15.1. The summed E-state index contributed by atoms with van der Waals surface area (Å²) in [7, 11) is 0.